The molecule has 1 aromatic carbocycles. The van der Waals surface area contributed by atoms with Crippen molar-refractivity contribution >= 4 is 12.0 Å². The van der Waals surface area contributed by atoms with Gasteiger partial charge >= 0.3 is 6.09 Å². The number of benzene rings is 1. The topological polar surface area (TPSA) is 80.3 Å². The number of hydrogen-bond donors (Lipinski definition) is 2. The number of amides is 2. The zero-order chi connectivity index (χ0) is 23.3. The second-order valence-corrected chi connectivity index (χ2v) is 11.4. The van der Waals surface area contributed by atoms with E-state index in [9.17, 15) is 9.59 Å². The standard InChI is InChI=1S/C27H33N3O3/c1-25(2,3)33-24(32)30-27-14-18-11-19(15-27)13-26(12-18,17-27)29-23(31)21-8-6-20(7-9-21)22-5-4-10-28-16-22/h4-10,16,18-19H,11-15,17H2,1-3H3,(H,29,31)(H,30,32). The van der Waals surface area contributed by atoms with Gasteiger partial charge < -0.3 is 15.4 Å². The average molecular weight is 448 g/mol. The molecule has 6 heteroatoms. The molecular weight excluding hydrogens is 414 g/mol. The van der Waals surface area contributed by atoms with Crippen LogP contribution in [0.4, 0.5) is 4.79 Å². The quantitative estimate of drug-likeness (QED) is 0.684. The van der Waals surface area contributed by atoms with Crippen molar-refractivity contribution in [1.82, 2.24) is 15.6 Å². The molecule has 174 valence electrons. The van der Waals surface area contributed by atoms with Crippen LogP contribution in [0, 0.1) is 11.8 Å². The van der Waals surface area contributed by atoms with E-state index in [1.807, 2.05) is 63.4 Å². The molecule has 1 aromatic heterocycles. The second kappa shape index (κ2) is 7.86. The van der Waals surface area contributed by atoms with Crippen LogP contribution >= 0.6 is 0 Å². The lowest BCUT2D eigenvalue weighted by Gasteiger charge is -2.62. The third-order valence-electron chi connectivity index (χ3n) is 7.35. The van der Waals surface area contributed by atoms with Gasteiger partial charge in [-0.25, -0.2) is 4.79 Å². The van der Waals surface area contributed by atoms with E-state index >= 15 is 0 Å². The van der Waals surface area contributed by atoms with Crippen molar-refractivity contribution in [1.29, 1.82) is 0 Å². The predicted molar refractivity (Wildman–Crippen MR) is 127 cm³/mol. The number of hydrogen-bond acceptors (Lipinski definition) is 4. The lowest BCUT2D eigenvalue weighted by molar-refractivity contribution is -0.0509. The van der Waals surface area contributed by atoms with Crippen molar-refractivity contribution in [2.75, 3.05) is 0 Å². The SMILES string of the molecule is CC(C)(C)OC(=O)NC12CC3CC(C1)CC(NC(=O)c1ccc(-c4cccnc4)cc1)(C3)C2. The van der Waals surface area contributed by atoms with Crippen LogP contribution in [0.15, 0.2) is 48.8 Å². The fraction of sp³-hybridized carbons (Fsp3) is 0.519. The predicted octanol–water partition coefficient (Wildman–Crippen LogP) is 5.09. The third-order valence-corrected chi connectivity index (χ3v) is 7.35. The van der Waals surface area contributed by atoms with Crippen molar-refractivity contribution in [3.8, 4) is 11.1 Å². The number of nitrogens with one attached hydrogen (secondary N) is 2. The van der Waals surface area contributed by atoms with Gasteiger partial charge in [0.25, 0.3) is 5.91 Å². The maximum absolute atomic E-state index is 13.3. The van der Waals surface area contributed by atoms with Crippen molar-refractivity contribution in [3.05, 3.63) is 54.4 Å². The summed E-state index contributed by atoms with van der Waals surface area (Å²) in [6.45, 7) is 5.65. The monoisotopic (exact) mass is 447 g/mol. The molecule has 0 radical (unpaired) electrons. The first kappa shape index (κ1) is 21.9. The Morgan fingerprint density at radius 1 is 0.939 bits per heavy atom. The van der Waals surface area contributed by atoms with E-state index in [-0.39, 0.29) is 23.1 Å². The molecule has 2 atom stereocenters. The molecule has 1 heterocycles. The first-order valence-corrected chi connectivity index (χ1v) is 12.0. The molecule has 2 aromatic rings. The number of nitrogens with zero attached hydrogens (tertiary/aromatic N) is 1. The van der Waals surface area contributed by atoms with Crippen LogP contribution in [-0.4, -0.2) is 33.7 Å². The van der Waals surface area contributed by atoms with Gasteiger partial charge in [-0.15, -0.1) is 0 Å². The van der Waals surface area contributed by atoms with E-state index in [0.717, 1.165) is 43.2 Å². The van der Waals surface area contributed by atoms with Crippen molar-refractivity contribution in [2.45, 2.75) is 76.0 Å². The van der Waals surface area contributed by atoms with Gasteiger partial charge in [-0.1, -0.05) is 18.2 Å². The Labute approximate surface area is 195 Å². The summed E-state index contributed by atoms with van der Waals surface area (Å²) in [5.41, 5.74) is 1.64. The Hall–Kier alpha value is -2.89. The van der Waals surface area contributed by atoms with Gasteiger partial charge in [0, 0.05) is 29.0 Å². The minimum absolute atomic E-state index is 0.0397. The second-order valence-electron chi connectivity index (χ2n) is 11.4. The highest BCUT2D eigenvalue weighted by molar-refractivity contribution is 5.95. The highest BCUT2D eigenvalue weighted by Gasteiger charge is 2.59. The Balaban J connectivity index is 1.31. The van der Waals surface area contributed by atoms with Crippen molar-refractivity contribution < 1.29 is 14.3 Å². The molecule has 33 heavy (non-hydrogen) atoms. The molecule has 0 saturated heterocycles. The Kier molecular flexibility index (Phi) is 5.22. The number of carbonyl (C=O) groups is 2. The zero-order valence-corrected chi connectivity index (χ0v) is 19.7. The van der Waals surface area contributed by atoms with Crippen molar-refractivity contribution in [3.63, 3.8) is 0 Å². The summed E-state index contributed by atoms with van der Waals surface area (Å²) in [5.74, 6) is 1.01. The molecule has 0 spiro atoms. The minimum atomic E-state index is -0.528. The first-order chi connectivity index (χ1) is 15.6. The summed E-state index contributed by atoms with van der Waals surface area (Å²) < 4.78 is 5.57. The third kappa shape index (κ3) is 4.61. The maximum atomic E-state index is 13.3. The molecule has 4 saturated carbocycles. The van der Waals surface area contributed by atoms with E-state index in [1.165, 1.54) is 6.42 Å². The lowest BCUT2D eigenvalue weighted by atomic mass is 9.50. The molecule has 2 amide bonds. The largest absolute Gasteiger partial charge is 0.444 e. The molecule has 4 aliphatic rings. The smallest absolute Gasteiger partial charge is 0.408 e. The highest BCUT2D eigenvalue weighted by atomic mass is 16.6. The lowest BCUT2D eigenvalue weighted by Crippen LogP contribution is -2.70. The van der Waals surface area contributed by atoms with Gasteiger partial charge in [-0.2, -0.15) is 0 Å². The summed E-state index contributed by atoms with van der Waals surface area (Å²) >= 11 is 0. The normalized spacial score (nSPS) is 30.0. The summed E-state index contributed by atoms with van der Waals surface area (Å²) in [5, 5.41) is 6.63. The number of pyridine rings is 1. The van der Waals surface area contributed by atoms with E-state index in [0.29, 0.717) is 17.4 Å². The Morgan fingerprint density at radius 2 is 1.58 bits per heavy atom. The molecule has 4 fully saturated rings. The van der Waals surface area contributed by atoms with Gasteiger partial charge in [-0.05, 0) is 100 Å². The molecule has 4 bridgehead atoms. The fourth-order valence-electron chi connectivity index (χ4n) is 6.74. The average Bonchev–Trinajstić information content (AvgIpc) is 2.71. The van der Waals surface area contributed by atoms with E-state index in [1.54, 1.807) is 6.20 Å². The molecule has 2 unspecified atom stereocenters. The van der Waals surface area contributed by atoms with E-state index in [4.69, 9.17) is 4.74 Å². The Bertz CT molecular complexity index is 1030. The van der Waals surface area contributed by atoms with Crippen LogP contribution in [0.1, 0.15) is 69.7 Å². The van der Waals surface area contributed by atoms with Gasteiger partial charge in [-0.3, -0.25) is 9.78 Å². The minimum Gasteiger partial charge on any atom is -0.444 e. The van der Waals surface area contributed by atoms with Gasteiger partial charge in [0.05, 0.1) is 0 Å². The molecule has 0 aliphatic heterocycles. The number of aromatic nitrogens is 1. The summed E-state index contributed by atoms with van der Waals surface area (Å²) in [7, 11) is 0. The molecule has 6 rings (SSSR count). The van der Waals surface area contributed by atoms with Crippen LogP contribution in [-0.2, 0) is 4.74 Å². The molecule has 2 N–H and O–H groups in total. The summed E-state index contributed by atoms with van der Waals surface area (Å²) in [6, 6.07) is 11.6. The highest BCUT2D eigenvalue weighted by Crippen LogP contribution is 2.57. The zero-order valence-electron chi connectivity index (χ0n) is 19.7. The summed E-state index contributed by atoms with van der Waals surface area (Å²) in [4.78, 5) is 30.0. The van der Waals surface area contributed by atoms with Gasteiger partial charge in [0.2, 0.25) is 0 Å². The number of carbonyl (C=O) groups excluding carboxylic acids is 2. The summed E-state index contributed by atoms with van der Waals surface area (Å²) in [6.07, 6.45) is 9.10. The van der Waals surface area contributed by atoms with Crippen LogP contribution < -0.4 is 10.6 Å². The van der Waals surface area contributed by atoms with Crippen LogP contribution in [0.5, 0.6) is 0 Å². The van der Waals surface area contributed by atoms with E-state index in [2.05, 4.69) is 15.6 Å². The van der Waals surface area contributed by atoms with Crippen LogP contribution in [0.3, 0.4) is 0 Å². The molecule has 6 nitrogen and oxygen atoms in total. The first-order valence-electron chi connectivity index (χ1n) is 12.0. The van der Waals surface area contributed by atoms with Crippen LogP contribution in [0.25, 0.3) is 11.1 Å². The van der Waals surface area contributed by atoms with E-state index < -0.39 is 5.60 Å². The molecule has 4 aliphatic carbocycles. The van der Waals surface area contributed by atoms with Crippen molar-refractivity contribution in [2.24, 2.45) is 11.8 Å². The number of rotatable bonds is 4. The molecular formula is C27H33N3O3. The number of alkyl carbamates (subject to hydrolysis) is 1. The fourth-order valence-corrected chi connectivity index (χ4v) is 6.74. The number of ether oxygens (including phenoxy) is 1. The Morgan fingerprint density at radius 3 is 2.15 bits per heavy atom. The van der Waals surface area contributed by atoms with Gasteiger partial charge in [0.15, 0.2) is 0 Å². The van der Waals surface area contributed by atoms with Crippen LogP contribution in [0.2, 0.25) is 0 Å². The maximum Gasteiger partial charge on any atom is 0.408 e. The van der Waals surface area contributed by atoms with Gasteiger partial charge in [0.1, 0.15) is 5.60 Å².